The molecule has 0 aromatic heterocycles. The van der Waals surface area contributed by atoms with Crippen LogP contribution < -0.4 is 10.6 Å². The van der Waals surface area contributed by atoms with E-state index in [9.17, 15) is 9.90 Å². The van der Waals surface area contributed by atoms with Crippen molar-refractivity contribution in [1.82, 2.24) is 10.6 Å². The zero-order chi connectivity index (χ0) is 14.7. The Labute approximate surface area is 138 Å². The molecule has 0 spiro atoms. The first-order valence-electron chi connectivity index (χ1n) is 8.01. The zero-order valence-electron chi connectivity index (χ0n) is 12.8. The van der Waals surface area contributed by atoms with Crippen molar-refractivity contribution in [1.29, 1.82) is 0 Å². The molecule has 0 radical (unpaired) electrons. The van der Waals surface area contributed by atoms with Crippen molar-refractivity contribution >= 4 is 18.3 Å². The van der Waals surface area contributed by atoms with Gasteiger partial charge in [0.25, 0.3) is 5.91 Å². The van der Waals surface area contributed by atoms with Crippen LogP contribution in [0.1, 0.15) is 37.7 Å². The molecule has 1 aliphatic carbocycles. The first kappa shape index (κ1) is 17.3. The van der Waals surface area contributed by atoms with Crippen LogP contribution in [-0.2, 0) is 10.4 Å². The second-order valence-electron chi connectivity index (χ2n) is 6.26. The molecule has 1 aromatic carbocycles. The largest absolute Gasteiger partial charge is 0.375 e. The van der Waals surface area contributed by atoms with Gasteiger partial charge in [0, 0.05) is 12.0 Å². The Morgan fingerprint density at radius 3 is 2.32 bits per heavy atom. The van der Waals surface area contributed by atoms with Crippen LogP contribution in [0.25, 0.3) is 0 Å². The van der Waals surface area contributed by atoms with Gasteiger partial charge in [-0.25, -0.2) is 0 Å². The lowest BCUT2D eigenvalue weighted by Gasteiger charge is -2.41. The summed E-state index contributed by atoms with van der Waals surface area (Å²) in [6.07, 6.45) is 4.80. The van der Waals surface area contributed by atoms with Crippen LogP contribution >= 0.6 is 12.4 Å². The van der Waals surface area contributed by atoms with E-state index in [1.807, 2.05) is 30.3 Å². The quantitative estimate of drug-likeness (QED) is 0.793. The number of aliphatic hydroxyl groups is 1. The van der Waals surface area contributed by atoms with Gasteiger partial charge in [0.15, 0.2) is 5.60 Å². The van der Waals surface area contributed by atoms with E-state index in [1.165, 1.54) is 0 Å². The summed E-state index contributed by atoms with van der Waals surface area (Å²) in [7, 11) is 0. The Bertz CT molecular complexity index is 487. The van der Waals surface area contributed by atoms with Gasteiger partial charge in [-0.15, -0.1) is 12.4 Å². The topological polar surface area (TPSA) is 61.4 Å². The molecule has 1 heterocycles. The van der Waals surface area contributed by atoms with Crippen molar-refractivity contribution in [3.63, 3.8) is 0 Å². The van der Waals surface area contributed by atoms with E-state index in [0.717, 1.165) is 50.8 Å². The van der Waals surface area contributed by atoms with Gasteiger partial charge in [-0.05, 0) is 44.3 Å². The van der Waals surface area contributed by atoms with Gasteiger partial charge in [-0.2, -0.15) is 0 Å². The highest BCUT2D eigenvalue weighted by Gasteiger charge is 2.48. The van der Waals surface area contributed by atoms with Gasteiger partial charge >= 0.3 is 0 Å². The van der Waals surface area contributed by atoms with E-state index in [1.54, 1.807) is 0 Å². The predicted molar refractivity (Wildman–Crippen MR) is 89.0 cm³/mol. The van der Waals surface area contributed by atoms with Crippen molar-refractivity contribution in [3.8, 4) is 0 Å². The van der Waals surface area contributed by atoms with E-state index in [-0.39, 0.29) is 30.3 Å². The number of rotatable bonds is 4. The zero-order valence-corrected chi connectivity index (χ0v) is 13.6. The van der Waals surface area contributed by atoms with Crippen LogP contribution in [0, 0.1) is 5.92 Å². The molecule has 1 aliphatic heterocycles. The fourth-order valence-electron chi connectivity index (χ4n) is 3.33. The smallest absolute Gasteiger partial charge is 0.257 e. The molecule has 1 saturated heterocycles. The number of nitrogens with one attached hydrogen (secondary N) is 2. The maximum absolute atomic E-state index is 12.8. The van der Waals surface area contributed by atoms with Crippen LogP contribution in [-0.4, -0.2) is 30.1 Å². The number of piperidine rings is 1. The summed E-state index contributed by atoms with van der Waals surface area (Å²) in [5.41, 5.74) is -0.647. The van der Waals surface area contributed by atoms with Crippen molar-refractivity contribution in [2.24, 2.45) is 5.92 Å². The number of carbonyl (C=O) groups is 1. The Kier molecular flexibility index (Phi) is 5.84. The van der Waals surface area contributed by atoms with Crippen molar-refractivity contribution in [2.45, 2.75) is 43.7 Å². The minimum atomic E-state index is -1.37. The van der Waals surface area contributed by atoms with E-state index in [2.05, 4.69) is 10.6 Å². The predicted octanol–water partition coefficient (Wildman–Crippen LogP) is 1.96. The van der Waals surface area contributed by atoms with Gasteiger partial charge in [0.1, 0.15) is 0 Å². The molecular formula is C17H25ClN2O2. The molecule has 1 amide bonds. The van der Waals surface area contributed by atoms with Crippen molar-refractivity contribution < 1.29 is 9.90 Å². The van der Waals surface area contributed by atoms with Crippen LogP contribution in [0.5, 0.6) is 0 Å². The standard InChI is InChI=1S/C17H24N2O2.ClH/c20-16(19-15-9-11-18-12-10-15)17(21,14-7-4-8-14)13-5-2-1-3-6-13;/h1-3,5-6,14-15,18,21H,4,7-12H2,(H,19,20);1H. The Balaban J connectivity index is 0.00000176. The molecule has 5 heteroatoms. The summed E-state index contributed by atoms with van der Waals surface area (Å²) in [5.74, 6) is -0.174. The van der Waals surface area contributed by atoms with Crippen LogP contribution in [0.2, 0.25) is 0 Å². The number of hydrogen-bond acceptors (Lipinski definition) is 3. The van der Waals surface area contributed by atoms with Crippen molar-refractivity contribution in [2.75, 3.05) is 13.1 Å². The number of carbonyl (C=O) groups excluding carboxylic acids is 1. The van der Waals surface area contributed by atoms with Gasteiger partial charge in [-0.1, -0.05) is 36.8 Å². The van der Waals surface area contributed by atoms with Crippen LogP contribution in [0.15, 0.2) is 30.3 Å². The Morgan fingerprint density at radius 2 is 1.77 bits per heavy atom. The number of benzene rings is 1. The molecule has 1 aromatic rings. The molecule has 2 fully saturated rings. The normalized spacial score (nSPS) is 22.0. The van der Waals surface area contributed by atoms with Crippen LogP contribution in [0.4, 0.5) is 0 Å². The maximum Gasteiger partial charge on any atom is 0.257 e. The van der Waals surface area contributed by atoms with Gasteiger partial charge < -0.3 is 15.7 Å². The fraction of sp³-hybridized carbons (Fsp3) is 0.588. The lowest BCUT2D eigenvalue weighted by atomic mass is 9.69. The number of hydrogen-bond donors (Lipinski definition) is 3. The number of amides is 1. The maximum atomic E-state index is 12.8. The molecule has 4 nitrogen and oxygen atoms in total. The second-order valence-corrected chi connectivity index (χ2v) is 6.26. The van der Waals surface area contributed by atoms with Crippen molar-refractivity contribution in [3.05, 3.63) is 35.9 Å². The SMILES string of the molecule is Cl.O=C(NC1CCNCC1)C(O)(c1ccccc1)C1CCC1. The highest BCUT2D eigenvalue weighted by molar-refractivity contribution is 5.87. The molecule has 0 bridgehead atoms. The van der Waals surface area contributed by atoms with Gasteiger partial charge in [0.2, 0.25) is 0 Å². The fourth-order valence-corrected chi connectivity index (χ4v) is 3.33. The molecular weight excluding hydrogens is 300 g/mol. The average molecular weight is 325 g/mol. The number of halogens is 1. The second kappa shape index (κ2) is 7.44. The molecule has 1 saturated carbocycles. The summed E-state index contributed by atoms with van der Waals surface area (Å²) in [4.78, 5) is 12.8. The lowest BCUT2D eigenvalue weighted by Crippen LogP contribution is -2.55. The highest BCUT2D eigenvalue weighted by atomic mass is 35.5. The third-order valence-corrected chi connectivity index (χ3v) is 4.93. The third-order valence-electron chi connectivity index (χ3n) is 4.93. The van der Waals surface area contributed by atoms with Crippen LogP contribution in [0.3, 0.4) is 0 Å². The Morgan fingerprint density at radius 1 is 1.14 bits per heavy atom. The van der Waals surface area contributed by atoms with E-state index in [4.69, 9.17) is 0 Å². The summed E-state index contributed by atoms with van der Waals surface area (Å²) in [6.45, 7) is 1.86. The summed E-state index contributed by atoms with van der Waals surface area (Å²) in [6, 6.07) is 9.58. The molecule has 1 atom stereocenters. The van der Waals surface area contributed by atoms with Gasteiger partial charge in [0.05, 0.1) is 0 Å². The highest BCUT2D eigenvalue weighted by Crippen LogP contribution is 2.42. The molecule has 1 unspecified atom stereocenters. The summed E-state index contributed by atoms with van der Waals surface area (Å²) < 4.78 is 0. The lowest BCUT2D eigenvalue weighted by molar-refractivity contribution is -0.153. The minimum Gasteiger partial charge on any atom is -0.375 e. The van der Waals surface area contributed by atoms with E-state index >= 15 is 0 Å². The molecule has 2 aliphatic rings. The molecule has 122 valence electrons. The minimum absolute atomic E-state index is 0. The molecule has 3 rings (SSSR count). The average Bonchev–Trinajstić information content (AvgIpc) is 2.47. The first-order chi connectivity index (χ1) is 10.2. The van der Waals surface area contributed by atoms with E-state index < -0.39 is 5.60 Å². The molecule has 22 heavy (non-hydrogen) atoms. The third kappa shape index (κ3) is 3.29. The van der Waals surface area contributed by atoms with Gasteiger partial charge in [-0.3, -0.25) is 4.79 Å². The first-order valence-corrected chi connectivity index (χ1v) is 8.01. The van der Waals surface area contributed by atoms with E-state index in [0.29, 0.717) is 0 Å². The summed E-state index contributed by atoms with van der Waals surface area (Å²) >= 11 is 0. The molecule has 3 N–H and O–H groups in total. The monoisotopic (exact) mass is 324 g/mol. The summed E-state index contributed by atoms with van der Waals surface area (Å²) in [5, 5.41) is 17.5. The Hall–Kier alpha value is -1.10.